The van der Waals surface area contributed by atoms with Crippen LogP contribution in [0.4, 0.5) is 8.78 Å². The highest BCUT2D eigenvalue weighted by Gasteiger charge is 2.04. The van der Waals surface area contributed by atoms with Gasteiger partial charge in [0, 0.05) is 33.6 Å². The molecule has 0 spiro atoms. The molecular weight excluding hydrogens is 226 g/mol. The number of hydrogen-bond donors (Lipinski definition) is 1. The van der Waals surface area contributed by atoms with Crippen LogP contribution in [-0.4, -0.2) is 31.4 Å². The van der Waals surface area contributed by atoms with Gasteiger partial charge < -0.3 is 10.2 Å². The molecule has 94 valence electrons. The minimum Gasteiger partial charge on any atom is -0.349 e. The molecule has 0 fully saturated rings. The zero-order valence-corrected chi connectivity index (χ0v) is 9.96. The van der Waals surface area contributed by atoms with Gasteiger partial charge in [0.2, 0.25) is 5.91 Å². The highest BCUT2D eigenvalue weighted by molar-refractivity contribution is 5.75. The van der Waals surface area contributed by atoms with E-state index < -0.39 is 11.6 Å². The average molecular weight is 242 g/mol. The van der Waals surface area contributed by atoms with Crippen molar-refractivity contribution in [3.05, 3.63) is 35.4 Å². The molecule has 0 aliphatic heterocycles. The summed E-state index contributed by atoms with van der Waals surface area (Å²) in [6.45, 7) is 0.925. The van der Waals surface area contributed by atoms with Crippen molar-refractivity contribution in [2.45, 2.75) is 13.0 Å². The van der Waals surface area contributed by atoms with Gasteiger partial charge in [0.05, 0.1) is 0 Å². The van der Waals surface area contributed by atoms with Crippen LogP contribution in [0.5, 0.6) is 0 Å². The number of halogens is 2. The minimum absolute atomic E-state index is 0.0304. The summed E-state index contributed by atoms with van der Waals surface area (Å²) in [5.41, 5.74) is 0.654. The number of amides is 1. The Bertz CT molecular complexity index is 394. The predicted molar refractivity (Wildman–Crippen MR) is 61.4 cm³/mol. The zero-order chi connectivity index (χ0) is 12.8. The van der Waals surface area contributed by atoms with Crippen LogP contribution in [0.25, 0.3) is 0 Å². The first kappa shape index (κ1) is 13.6. The van der Waals surface area contributed by atoms with E-state index in [0.717, 1.165) is 12.1 Å². The Labute approximate surface area is 99.4 Å². The summed E-state index contributed by atoms with van der Waals surface area (Å²) in [6, 6.07) is 3.76. The number of hydrogen-bond acceptors (Lipinski definition) is 2. The molecule has 1 aromatic rings. The molecule has 0 saturated heterocycles. The maximum Gasteiger partial charge on any atom is 0.223 e. The first-order valence-electron chi connectivity index (χ1n) is 5.35. The summed E-state index contributed by atoms with van der Waals surface area (Å²) in [6.07, 6.45) is 0.386. The minimum atomic E-state index is -0.853. The van der Waals surface area contributed by atoms with E-state index in [1.54, 1.807) is 14.1 Å². The molecule has 17 heavy (non-hydrogen) atoms. The summed E-state index contributed by atoms with van der Waals surface area (Å²) < 4.78 is 25.5. The summed E-state index contributed by atoms with van der Waals surface area (Å²) in [5, 5.41) is 3.00. The van der Waals surface area contributed by atoms with Crippen molar-refractivity contribution < 1.29 is 13.6 Å². The van der Waals surface area contributed by atoms with Crippen LogP contribution in [0.15, 0.2) is 18.2 Å². The van der Waals surface area contributed by atoms with Gasteiger partial charge in [-0.15, -0.1) is 0 Å². The van der Waals surface area contributed by atoms with Gasteiger partial charge in [-0.3, -0.25) is 4.79 Å². The molecule has 0 aromatic heterocycles. The molecule has 0 atom stereocenters. The molecule has 1 rings (SSSR count). The molecule has 0 aliphatic rings. The molecule has 0 radical (unpaired) electrons. The first-order valence-corrected chi connectivity index (χ1v) is 5.35. The van der Waals surface area contributed by atoms with Gasteiger partial charge in [-0.1, -0.05) is 6.07 Å². The highest BCUT2D eigenvalue weighted by atomic mass is 19.2. The fourth-order valence-corrected chi connectivity index (χ4v) is 1.30. The van der Waals surface area contributed by atoms with Gasteiger partial charge in [-0.2, -0.15) is 0 Å². The molecule has 0 bridgehead atoms. The third-order valence-corrected chi connectivity index (χ3v) is 2.33. The van der Waals surface area contributed by atoms with Crippen LogP contribution < -0.4 is 5.32 Å². The Kier molecular flexibility index (Phi) is 5.03. The van der Waals surface area contributed by atoms with E-state index in [1.807, 2.05) is 0 Å². The molecule has 0 unspecified atom stereocenters. The van der Waals surface area contributed by atoms with Crippen LogP contribution in [0.2, 0.25) is 0 Å². The van der Waals surface area contributed by atoms with Crippen molar-refractivity contribution in [2.75, 3.05) is 20.6 Å². The van der Waals surface area contributed by atoms with E-state index in [2.05, 4.69) is 5.32 Å². The van der Waals surface area contributed by atoms with Crippen LogP contribution >= 0.6 is 0 Å². The molecule has 0 heterocycles. The van der Waals surface area contributed by atoms with Gasteiger partial charge in [0.25, 0.3) is 0 Å². The fourth-order valence-electron chi connectivity index (χ4n) is 1.30. The smallest absolute Gasteiger partial charge is 0.223 e. The largest absolute Gasteiger partial charge is 0.349 e. The topological polar surface area (TPSA) is 32.3 Å². The second-order valence-electron chi connectivity index (χ2n) is 3.96. The second-order valence-corrected chi connectivity index (χ2v) is 3.96. The van der Waals surface area contributed by atoms with Crippen molar-refractivity contribution in [2.24, 2.45) is 0 Å². The number of nitrogens with zero attached hydrogens (tertiary/aromatic N) is 1. The van der Waals surface area contributed by atoms with E-state index in [0.29, 0.717) is 25.1 Å². The van der Waals surface area contributed by atoms with Gasteiger partial charge in [-0.05, 0) is 17.7 Å². The van der Waals surface area contributed by atoms with Crippen molar-refractivity contribution >= 4 is 5.91 Å². The fraction of sp³-hybridized carbons (Fsp3) is 0.417. The molecule has 0 saturated carbocycles. The van der Waals surface area contributed by atoms with Crippen molar-refractivity contribution in [3.63, 3.8) is 0 Å². The molecule has 1 aromatic carbocycles. The number of carbonyl (C=O) groups excluding carboxylic acids is 1. The molecular formula is C12H16F2N2O. The van der Waals surface area contributed by atoms with Gasteiger partial charge in [0.1, 0.15) is 0 Å². The van der Waals surface area contributed by atoms with Crippen LogP contribution in [0, 0.1) is 11.6 Å². The zero-order valence-electron chi connectivity index (χ0n) is 9.96. The van der Waals surface area contributed by atoms with Gasteiger partial charge >= 0.3 is 0 Å². The summed E-state index contributed by atoms with van der Waals surface area (Å²) in [4.78, 5) is 12.7. The van der Waals surface area contributed by atoms with E-state index in [-0.39, 0.29) is 5.91 Å². The number of benzene rings is 1. The third kappa shape index (κ3) is 4.48. The lowest BCUT2D eigenvalue weighted by molar-refractivity contribution is -0.128. The lowest BCUT2D eigenvalue weighted by atomic mass is 10.2. The molecule has 1 N–H and O–H groups in total. The Hall–Kier alpha value is -1.49. The maximum atomic E-state index is 12.9. The normalized spacial score (nSPS) is 10.4. The maximum absolute atomic E-state index is 12.9. The summed E-state index contributed by atoms with van der Waals surface area (Å²) in [7, 11) is 3.38. The molecule has 1 amide bonds. The van der Waals surface area contributed by atoms with Gasteiger partial charge in [-0.25, -0.2) is 8.78 Å². The van der Waals surface area contributed by atoms with E-state index in [9.17, 15) is 13.6 Å². The molecule has 5 heteroatoms. The lowest BCUT2D eigenvalue weighted by Gasteiger charge is -2.10. The highest BCUT2D eigenvalue weighted by Crippen LogP contribution is 2.08. The summed E-state index contributed by atoms with van der Waals surface area (Å²) >= 11 is 0. The van der Waals surface area contributed by atoms with Crippen molar-refractivity contribution in [3.8, 4) is 0 Å². The lowest BCUT2D eigenvalue weighted by Crippen LogP contribution is -2.26. The monoisotopic (exact) mass is 242 g/mol. The molecule has 0 aliphatic carbocycles. The number of carbonyl (C=O) groups is 1. The van der Waals surface area contributed by atoms with Crippen molar-refractivity contribution in [1.29, 1.82) is 0 Å². The number of rotatable bonds is 5. The van der Waals surface area contributed by atoms with E-state index in [1.165, 1.54) is 11.0 Å². The van der Waals surface area contributed by atoms with Crippen LogP contribution in [-0.2, 0) is 11.3 Å². The van der Waals surface area contributed by atoms with E-state index in [4.69, 9.17) is 0 Å². The predicted octanol–water partition coefficient (Wildman–Crippen LogP) is 1.53. The SMILES string of the molecule is CN(C)C(=O)CCNCc1ccc(F)c(F)c1. The average Bonchev–Trinajstić information content (AvgIpc) is 2.28. The van der Waals surface area contributed by atoms with Crippen LogP contribution in [0.1, 0.15) is 12.0 Å². The Balaban J connectivity index is 2.31. The standard InChI is InChI=1S/C12H16F2N2O/c1-16(2)12(17)5-6-15-8-9-3-4-10(13)11(14)7-9/h3-4,7,15H,5-6,8H2,1-2H3. The van der Waals surface area contributed by atoms with Gasteiger partial charge in [0.15, 0.2) is 11.6 Å². The second kappa shape index (κ2) is 6.30. The third-order valence-electron chi connectivity index (χ3n) is 2.33. The van der Waals surface area contributed by atoms with Crippen molar-refractivity contribution in [1.82, 2.24) is 10.2 Å². The number of nitrogens with one attached hydrogen (secondary N) is 1. The quantitative estimate of drug-likeness (QED) is 0.794. The van der Waals surface area contributed by atoms with Crippen LogP contribution in [0.3, 0.4) is 0 Å². The Morgan fingerprint density at radius 2 is 2.00 bits per heavy atom. The Morgan fingerprint density at radius 1 is 1.29 bits per heavy atom. The molecule has 3 nitrogen and oxygen atoms in total. The Morgan fingerprint density at radius 3 is 2.59 bits per heavy atom. The van der Waals surface area contributed by atoms with E-state index >= 15 is 0 Å². The summed E-state index contributed by atoms with van der Waals surface area (Å²) in [5.74, 6) is -1.67. The first-order chi connectivity index (χ1) is 8.00.